The van der Waals surface area contributed by atoms with Gasteiger partial charge in [-0.05, 0) is 57.0 Å². The van der Waals surface area contributed by atoms with Crippen LogP contribution in [0.15, 0.2) is 30.3 Å². The Hall–Kier alpha value is -1.09. The second-order valence-electron chi connectivity index (χ2n) is 6.12. The Balaban J connectivity index is 2.08. The number of benzene rings is 1. The van der Waals surface area contributed by atoms with Crippen LogP contribution >= 0.6 is 12.2 Å². The molecule has 1 aliphatic rings. The van der Waals surface area contributed by atoms with Crippen LogP contribution in [0.3, 0.4) is 0 Å². The third kappa shape index (κ3) is 3.72. The second kappa shape index (κ2) is 7.07. The summed E-state index contributed by atoms with van der Waals surface area (Å²) in [5.74, 6) is 0.714. The van der Waals surface area contributed by atoms with E-state index in [9.17, 15) is 0 Å². The van der Waals surface area contributed by atoms with Gasteiger partial charge >= 0.3 is 0 Å². The van der Waals surface area contributed by atoms with E-state index in [1.165, 1.54) is 31.4 Å². The fraction of sp³-hybridized carbons (Fsp3) is 0.588. The number of hydrogen-bond donors (Lipinski definition) is 1. The van der Waals surface area contributed by atoms with E-state index in [1.807, 2.05) is 6.07 Å². The number of anilines is 1. The van der Waals surface area contributed by atoms with Gasteiger partial charge in [0.2, 0.25) is 0 Å². The van der Waals surface area contributed by atoms with Gasteiger partial charge in [0, 0.05) is 17.8 Å². The molecule has 2 nitrogen and oxygen atoms in total. The van der Waals surface area contributed by atoms with Gasteiger partial charge in [-0.1, -0.05) is 38.0 Å². The van der Waals surface area contributed by atoms with E-state index >= 15 is 0 Å². The van der Waals surface area contributed by atoms with Crippen LogP contribution in [-0.2, 0) is 0 Å². The van der Waals surface area contributed by atoms with Crippen LogP contribution in [0.4, 0.5) is 5.69 Å². The molecular weight excluding hydrogens is 264 g/mol. The van der Waals surface area contributed by atoms with E-state index in [4.69, 9.17) is 12.2 Å². The fourth-order valence-corrected chi connectivity index (χ4v) is 3.46. The summed E-state index contributed by atoms with van der Waals surface area (Å²) in [6, 6.07) is 11.3. The molecule has 1 N–H and O–H groups in total. The van der Waals surface area contributed by atoms with E-state index in [2.05, 4.69) is 55.3 Å². The molecule has 0 unspecified atom stereocenters. The van der Waals surface area contributed by atoms with Crippen LogP contribution in [0, 0.1) is 5.92 Å². The van der Waals surface area contributed by atoms with Crippen molar-refractivity contribution in [2.75, 3.05) is 4.90 Å². The first-order valence-corrected chi connectivity index (χ1v) is 8.15. The Morgan fingerprint density at radius 3 is 2.45 bits per heavy atom. The highest BCUT2D eigenvalue weighted by Gasteiger charge is 2.24. The lowest BCUT2D eigenvalue weighted by molar-refractivity contribution is 0.308. The van der Waals surface area contributed by atoms with Gasteiger partial charge in [-0.25, -0.2) is 0 Å². The largest absolute Gasteiger partial charge is 0.359 e. The molecule has 0 aromatic heterocycles. The van der Waals surface area contributed by atoms with Crippen LogP contribution < -0.4 is 10.2 Å². The molecule has 0 saturated heterocycles. The van der Waals surface area contributed by atoms with Crippen LogP contribution in [0.25, 0.3) is 0 Å². The summed E-state index contributed by atoms with van der Waals surface area (Å²) < 4.78 is 0. The van der Waals surface area contributed by atoms with Crippen molar-refractivity contribution in [3.63, 3.8) is 0 Å². The predicted molar refractivity (Wildman–Crippen MR) is 91.2 cm³/mol. The van der Waals surface area contributed by atoms with Gasteiger partial charge in [0.25, 0.3) is 0 Å². The zero-order chi connectivity index (χ0) is 14.5. The van der Waals surface area contributed by atoms with Crippen molar-refractivity contribution in [1.29, 1.82) is 0 Å². The highest BCUT2D eigenvalue weighted by molar-refractivity contribution is 7.80. The van der Waals surface area contributed by atoms with Crippen molar-refractivity contribution in [3.8, 4) is 0 Å². The molecule has 110 valence electrons. The monoisotopic (exact) mass is 290 g/mol. The predicted octanol–water partition coefficient (Wildman–Crippen LogP) is 4.35. The molecule has 1 aliphatic carbocycles. The standard InChI is InChI=1S/C17H26N2S/c1-13(2)19(15-10-5-4-6-11-15)17(20)18-16-12-8-7-9-14(16)3/h4-6,10-11,13-14,16H,7-9,12H2,1-3H3,(H,18,20)/t14-,16+/m1/s1. The van der Waals surface area contributed by atoms with Crippen molar-refractivity contribution >= 4 is 23.0 Å². The van der Waals surface area contributed by atoms with Crippen LogP contribution in [0.2, 0.25) is 0 Å². The Labute approximate surface area is 128 Å². The molecule has 2 rings (SSSR count). The first-order chi connectivity index (χ1) is 9.59. The van der Waals surface area contributed by atoms with Crippen LogP contribution in [0.1, 0.15) is 46.5 Å². The topological polar surface area (TPSA) is 15.3 Å². The second-order valence-corrected chi connectivity index (χ2v) is 6.50. The molecule has 2 atom stereocenters. The molecule has 1 aromatic rings. The first-order valence-electron chi connectivity index (χ1n) is 7.74. The van der Waals surface area contributed by atoms with E-state index in [-0.39, 0.29) is 0 Å². The molecule has 0 amide bonds. The minimum absolute atomic E-state index is 0.358. The molecule has 0 bridgehead atoms. The smallest absolute Gasteiger partial charge is 0.173 e. The molecular formula is C17H26N2S. The fourth-order valence-electron chi connectivity index (χ4n) is 3.00. The maximum atomic E-state index is 5.68. The minimum atomic E-state index is 0.358. The maximum Gasteiger partial charge on any atom is 0.173 e. The summed E-state index contributed by atoms with van der Waals surface area (Å²) in [6.07, 6.45) is 5.23. The molecule has 0 spiro atoms. The highest BCUT2D eigenvalue weighted by Crippen LogP contribution is 2.25. The third-order valence-corrected chi connectivity index (χ3v) is 4.50. The van der Waals surface area contributed by atoms with Gasteiger partial charge in [0.15, 0.2) is 5.11 Å². The number of para-hydroxylation sites is 1. The lowest BCUT2D eigenvalue weighted by atomic mass is 9.86. The average Bonchev–Trinajstić information content (AvgIpc) is 2.42. The van der Waals surface area contributed by atoms with Gasteiger partial charge in [0.1, 0.15) is 0 Å². The quantitative estimate of drug-likeness (QED) is 0.833. The molecule has 20 heavy (non-hydrogen) atoms. The number of nitrogens with zero attached hydrogens (tertiary/aromatic N) is 1. The summed E-state index contributed by atoms with van der Waals surface area (Å²) in [7, 11) is 0. The molecule has 1 aromatic carbocycles. The van der Waals surface area contributed by atoms with Gasteiger partial charge in [0.05, 0.1) is 0 Å². The normalized spacial score (nSPS) is 22.6. The van der Waals surface area contributed by atoms with Gasteiger partial charge in [-0.15, -0.1) is 0 Å². The van der Waals surface area contributed by atoms with E-state index in [0.29, 0.717) is 18.0 Å². The lowest BCUT2D eigenvalue weighted by Crippen LogP contribution is -2.50. The summed E-state index contributed by atoms with van der Waals surface area (Å²) in [5.41, 5.74) is 1.17. The van der Waals surface area contributed by atoms with Crippen molar-refractivity contribution in [3.05, 3.63) is 30.3 Å². The van der Waals surface area contributed by atoms with E-state index in [0.717, 1.165) is 5.11 Å². The van der Waals surface area contributed by atoms with Crippen LogP contribution in [0.5, 0.6) is 0 Å². The zero-order valence-corrected chi connectivity index (χ0v) is 13.6. The maximum absolute atomic E-state index is 5.68. The van der Waals surface area contributed by atoms with Crippen molar-refractivity contribution < 1.29 is 0 Å². The number of rotatable bonds is 3. The number of hydrogen-bond acceptors (Lipinski definition) is 1. The zero-order valence-electron chi connectivity index (χ0n) is 12.8. The lowest BCUT2D eigenvalue weighted by Gasteiger charge is -2.36. The SMILES string of the molecule is CC(C)N(C(=S)N[C@H]1CCCC[C@H]1C)c1ccccc1. The minimum Gasteiger partial charge on any atom is -0.359 e. The van der Waals surface area contributed by atoms with Crippen LogP contribution in [-0.4, -0.2) is 17.2 Å². The van der Waals surface area contributed by atoms with Gasteiger partial charge in [-0.2, -0.15) is 0 Å². The summed E-state index contributed by atoms with van der Waals surface area (Å²) in [6.45, 7) is 6.71. The first kappa shape index (κ1) is 15.3. The Morgan fingerprint density at radius 1 is 1.20 bits per heavy atom. The average molecular weight is 290 g/mol. The summed E-state index contributed by atoms with van der Waals surface area (Å²) in [5, 5.41) is 4.47. The number of thiocarbonyl (C=S) groups is 1. The molecule has 0 heterocycles. The molecule has 3 heteroatoms. The third-order valence-electron chi connectivity index (χ3n) is 4.19. The van der Waals surface area contributed by atoms with Gasteiger partial charge in [-0.3, -0.25) is 0 Å². The van der Waals surface area contributed by atoms with Crippen molar-refractivity contribution in [1.82, 2.24) is 5.32 Å². The van der Waals surface area contributed by atoms with E-state index < -0.39 is 0 Å². The highest BCUT2D eigenvalue weighted by atomic mass is 32.1. The molecule has 0 aliphatic heterocycles. The number of nitrogens with one attached hydrogen (secondary N) is 1. The summed E-state index contributed by atoms with van der Waals surface area (Å²) >= 11 is 5.68. The Bertz CT molecular complexity index is 430. The molecule has 1 saturated carbocycles. The van der Waals surface area contributed by atoms with Gasteiger partial charge < -0.3 is 10.2 Å². The molecule has 0 radical (unpaired) electrons. The van der Waals surface area contributed by atoms with Crippen molar-refractivity contribution in [2.45, 2.75) is 58.5 Å². The Kier molecular flexibility index (Phi) is 5.41. The van der Waals surface area contributed by atoms with Crippen molar-refractivity contribution in [2.24, 2.45) is 5.92 Å². The van der Waals surface area contributed by atoms with E-state index in [1.54, 1.807) is 0 Å². The Morgan fingerprint density at radius 2 is 1.85 bits per heavy atom. The molecule has 1 fully saturated rings. The summed E-state index contributed by atoms with van der Waals surface area (Å²) in [4.78, 5) is 2.22.